The maximum Gasteiger partial charge on any atom is 0.256 e. The highest BCUT2D eigenvalue weighted by Gasteiger charge is 2.30. The number of aromatic nitrogens is 1. The molecule has 204 valence electrons. The third-order valence-corrected chi connectivity index (χ3v) is 10.2. The first kappa shape index (κ1) is 27.8. The molecule has 2 heterocycles. The van der Waals surface area contributed by atoms with Crippen molar-refractivity contribution in [3.8, 4) is 0 Å². The van der Waals surface area contributed by atoms with E-state index in [4.69, 9.17) is 0 Å². The van der Waals surface area contributed by atoms with E-state index in [1.807, 2.05) is 11.5 Å². The second-order valence-corrected chi connectivity index (χ2v) is 13.0. The van der Waals surface area contributed by atoms with E-state index in [0.717, 1.165) is 51.0 Å². The van der Waals surface area contributed by atoms with Gasteiger partial charge >= 0.3 is 0 Å². The van der Waals surface area contributed by atoms with Gasteiger partial charge in [-0.05, 0) is 50.8 Å². The average molecular weight is 532 g/mol. The molecule has 0 bridgehead atoms. The molecule has 0 radical (unpaired) electrons. The Balaban J connectivity index is 1.53. The molecule has 1 saturated heterocycles. The smallest absolute Gasteiger partial charge is 0.256 e. The number of nitrogens with zero attached hydrogens (tertiary/aromatic N) is 2. The number of aryl methyl sites for hydroxylation is 1. The molecule has 2 atom stereocenters. The number of quaternary nitrogens is 1. The molecule has 2 aromatic rings. The van der Waals surface area contributed by atoms with Crippen LogP contribution in [0.5, 0.6) is 0 Å². The van der Waals surface area contributed by atoms with Crippen molar-refractivity contribution in [3.05, 3.63) is 40.2 Å². The summed E-state index contributed by atoms with van der Waals surface area (Å²) < 4.78 is 30.1. The minimum Gasteiger partial charge on any atom is -0.352 e. The number of carbonyl (C=O) groups is 1. The summed E-state index contributed by atoms with van der Waals surface area (Å²) >= 11 is 0. The highest BCUT2D eigenvalue weighted by atomic mass is 32.2. The van der Waals surface area contributed by atoms with Crippen molar-refractivity contribution in [3.63, 3.8) is 0 Å². The number of likely N-dealkylation sites (tertiary alicyclic amines) is 1. The lowest BCUT2D eigenvalue weighted by Gasteiger charge is -2.30. The monoisotopic (exact) mass is 531 g/mol. The Morgan fingerprint density at radius 2 is 1.92 bits per heavy atom. The van der Waals surface area contributed by atoms with Crippen LogP contribution in [0.4, 0.5) is 0 Å². The van der Waals surface area contributed by atoms with Gasteiger partial charge < -0.3 is 14.8 Å². The minimum absolute atomic E-state index is 0.0196. The number of sulfonamides is 1. The number of piperidine rings is 1. The number of benzene rings is 1. The molecular formula is C28H43N4O4S+. The topological polar surface area (TPSA) is 92.9 Å². The molecule has 4 rings (SSSR count). The number of nitrogens with one attached hydrogen (secondary N) is 2. The van der Waals surface area contributed by atoms with Crippen LogP contribution < -0.4 is 15.6 Å². The SMILES string of the molecule is CCn1cc(C(=O)NCCC[NH+]2CCCC(C)C2)c(=O)c2cc(S(=O)(=O)N(C)C3CCCCC3)ccc21. The third kappa shape index (κ3) is 6.26. The Bertz CT molecular complexity index is 1270. The van der Waals surface area contributed by atoms with Gasteiger partial charge in [0, 0.05) is 50.1 Å². The molecule has 2 N–H and O–H groups in total. The van der Waals surface area contributed by atoms with Gasteiger partial charge in [-0.1, -0.05) is 26.2 Å². The van der Waals surface area contributed by atoms with Crippen LogP contribution in [0, 0.1) is 5.92 Å². The van der Waals surface area contributed by atoms with Gasteiger partial charge in [-0.25, -0.2) is 8.42 Å². The van der Waals surface area contributed by atoms with Crippen molar-refractivity contribution in [2.24, 2.45) is 5.92 Å². The molecule has 1 saturated carbocycles. The van der Waals surface area contributed by atoms with Crippen LogP contribution in [0.1, 0.15) is 75.6 Å². The average Bonchev–Trinajstić information content (AvgIpc) is 2.91. The fourth-order valence-electron chi connectivity index (χ4n) is 6.03. The maximum absolute atomic E-state index is 13.4. The standard InChI is InChI=1S/C28H42N4O4S/c1-4-32-20-25(28(34)29-15-9-17-31-16-8-10-21(2)19-31)27(33)24-18-23(13-14-26(24)32)37(35,36)30(3)22-11-6-5-7-12-22/h13-14,18,20-22H,4-12,15-17,19H2,1-3H3,(H,29,34)/p+1. The van der Waals surface area contributed by atoms with Gasteiger partial charge in [-0.15, -0.1) is 0 Å². The van der Waals surface area contributed by atoms with Gasteiger partial charge in [0.15, 0.2) is 0 Å². The van der Waals surface area contributed by atoms with E-state index in [9.17, 15) is 18.0 Å². The summed E-state index contributed by atoms with van der Waals surface area (Å²) in [7, 11) is -2.11. The molecular weight excluding hydrogens is 488 g/mol. The number of hydrogen-bond donors (Lipinski definition) is 2. The molecule has 9 heteroatoms. The van der Waals surface area contributed by atoms with E-state index in [0.29, 0.717) is 18.6 Å². The number of carbonyl (C=O) groups excluding carboxylic acids is 1. The second kappa shape index (κ2) is 12.1. The lowest BCUT2D eigenvalue weighted by Crippen LogP contribution is -3.13. The molecule has 2 unspecified atom stereocenters. The molecule has 1 aliphatic heterocycles. The first-order chi connectivity index (χ1) is 17.7. The molecule has 1 aromatic heterocycles. The van der Waals surface area contributed by atoms with E-state index in [1.165, 1.54) is 36.3 Å². The predicted octanol–water partition coefficient (Wildman–Crippen LogP) is 2.41. The lowest BCUT2D eigenvalue weighted by atomic mass is 9.96. The van der Waals surface area contributed by atoms with Crippen molar-refractivity contribution >= 4 is 26.8 Å². The van der Waals surface area contributed by atoms with E-state index < -0.39 is 21.4 Å². The highest BCUT2D eigenvalue weighted by molar-refractivity contribution is 7.89. The van der Waals surface area contributed by atoms with E-state index in [-0.39, 0.29) is 21.9 Å². The minimum atomic E-state index is -3.75. The molecule has 8 nitrogen and oxygen atoms in total. The fourth-order valence-corrected chi connectivity index (χ4v) is 7.47. The molecule has 37 heavy (non-hydrogen) atoms. The first-order valence-electron chi connectivity index (χ1n) is 14.0. The van der Waals surface area contributed by atoms with Crippen LogP contribution in [-0.2, 0) is 16.6 Å². The quantitative estimate of drug-likeness (QED) is 0.486. The largest absolute Gasteiger partial charge is 0.352 e. The molecule has 1 aromatic carbocycles. The van der Waals surface area contributed by atoms with Gasteiger partial charge in [0.1, 0.15) is 5.56 Å². The van der Waals surface area contributed by atoms with Crippen LogP contribution in [0.25, 0.3) is 10.9 Å². The van der Waals surface area contributed by atoms with E-state index >= 15 is 0 Å². The third-order valence-electron chi connectivity index (χ3n) is 8.26. The maximum atomic E-state index is 13.4. The zero-order chi connectivity index (χ0) is 26.6. The Morgan fingerprint density at radius 3 is 2.62 bits per heavy atom. The Kier molecular flexibility index (Phi) is 9.08. The number of rotatable bonds is 9. The molecule has 1 amide bonds. The summed E-state index contributed by atoms with van der Waals surface area (Å²) in [5, 5.41) is 3.18. The Morgan fingerprint density at radius 1 is 1.16 bits per heavy atom. The summed E-state index contributed by atoms with van der Waals surface area (Å²) in [5.41, 5.74) is 0.264. The second-order valence-electron chi connectivity index (χ2n) is 11.0. The summed E-state index contributed by atoms with van der Waals surface area (Å²) in [5.74, 6) is 0.350. The van der Waals surface area contributed by atoms with Crippen molar-refractivity contribution in [1.82, 2.24) is 14.2 Å². The van der Waals surface area contributed by atoms with Crippen LogP contribution in [0.2, 0.25) is 0 Å². The summed E-state index contributed by atoms with van der Waals surface area (Å²) in [6.07, 6.45) is 9.92. The Hall–Kier alpha value is -2.23. The van der Waals surface area contributed by atoms with Crippen LogP contribution in [0.3, 0.4) is 0 Å². The van der Waals surface area contributed by atoms with Crippen LogP contribution >= 0.6 is 0 Å². The van der Waals surface area contributed by atoms with Gasteiger partial charge in [0.05, 0.1) is 30.0 Å². The van der Waals surface area contributed by atoms with Crippen molar-refractivity contribution < 1.29 is 18.1 Å². The van der Waals surface area contributed by atoms with Gasteiger partial charge in [-0.3, -0.25) is 9.59 Å². The van der Waals surface area contributed by atoms with Crippen LogP contribution in [0.15, 0.2) is 34.1 Å². The van der Waals surface area contributed by atoms with E-state index in [1.54, 1.807) is 30.3 Å². The Labute approximate surface area is 221 Å². The summed E-state index contributed by atoms with van der Waals surface area (Å²) in [6.45, 7) is 8.69. The zero-order valence-electron chi connectivity index (χ0n) is 22.6. The van der Waals surface area contributed by atoms with Crippen molar-refractivity contribution in [2.45, 2.75) is 82.7 Å². The normalized spacial score (nSPS) is 21.4. The van der Waals surface area contributed by atoms with Gasteiger partial charge in [-0.2, -0.15) is 4.31 Å². The van der Waals surface area contributed by atoms with E-state index in [2.05, 4.69) is 12.2 Å². The van der Waals surface area contributed by atoms with Gasteiger partial charge in [0.2, 0.25) is 15.5 Å². The first-order valence-corrected chi connectivity index (χ1v) is 15.4. The molecule has 0 spiro atoms. The molecule has 2 aliphatic rings. The number of hydrogen-bond acceptors (Lipinski definition) is 4. The number of pyridine rings is 1. The van der Waals surface area contributed by atoms with Crippen LogP contribution in [-0.4, -0.2) is 62.5 Å². The zero-order valence-corrected chi connectivity index (χ0v) is 23.4. The van der Waals surface area contributed by atoms with Crippen molar-refractivity contribution in [2.75, 3.05) is 33.2 Å². The summed E-state index contributed by atoms with van der Waals surface area (Å²) in [4.78, 5) is 28.1. The summed E-state index contributed by atoms with van der Waals surface area (Å²) in [6, 6.07) is 4.70. The van der Waals surface area contributed by atoms with Crippen molar-refractivity contribution in [1.29, 1.82) is 0 Å². The number of fused-ring (bicyclic) bond motifs is 1. The predicted molar refractivity (Wildman–Crippen MR) is 147 cm³/mol. The number of amides is 1. The highest BCUT2D eigenvalue weighted by Crippen LogP contribution is 2.27. The molecule has 1 aliphatic carbocycles. The lowest BCUT2D eigenvalue weighted by molar-refractivity contribution is -0.908. The van der Waals surface area contributed by atoms with Gasteiger partial charge in [0.25, 0.3) is 5.91 Å². The molecule has 2 fully saturated rings. The fraction of sp³-hybridized carbons (Fsp3) is 0.643.